The Morgan fingerprint density at radius 2 is 2.12 bits per heavy atom. The van der Waals surface area contributed by atoms with Crippen LogP contribution in [-0.2, 0) is 4.74 Å². The van der Waals surface area contributed by atoms with E-state index in [2.05, 4.69) is 4.98 Å². The SMILES string of the molecule is CCOC(=N)c1nc2ccccc2cc1C. The molecule has 1 aromatic carbocycles. The van der Waals surface area contributed by atoms with Crippen LogP contribution in [0.4, 0.5) is 0 Å². The maximum absolute atomic E-state index is 7.76. The number of ether oxygens (including phenoxy) is 1. The van der Waals surface area contributed by atoms with Crippen LogP contribution in [0.15, 0.2) is 30.3 Å². The Kier molecular flexibility index (Phi) is 2.86. The average Bonchev–Trinajstić information content (AvgIpc) is 2.28. The normalized spacial score (nSPS) is 10.4. The van der Waals surface area contributed by atoms with Gasteiger partial charge in [0.05, 0.1) is 12.1 Å². The minimum atomic E-state index is 0.144. The molecule has 0 saturated carbocycles. The third-order valence-corrected chi connectivity index (χ3v) is 2.42. The van der Waals surface area contributed by atoms with Crippen molar-refractivity contribution in [3.8, 4) is 0 Å². The van der Waals surface area contributed by atoms with Crippen LogP contribution in [0, 0.1) is 12.3 Å². The molecule has 0 bridgehead atoms. The maximum atomic E-state index is 7.76. The molecule has 0 radical (unpaired) electrons. The van der Waals surface area contributed by atoms with Crippen molar-refractivity contribution in [3.05, 3.63) is 41.6 Å². The summed E-state index contributed by atoms with van der Waals surface area (Å²) in [6, 6.07) is 9.92. The Labute approximate surface area is 94.6 Å². The Bertz CT molecular complexity index is 534. The van der Waals surface area contributed by atoms with Gasteiger partial charge in [-0.25, -0.2) is 4.98 Å². The molecule has 3 nitrogen and oxygen atoms in total. The fourth-order valence-electron chi connectivity index (χ4n) is 1.66. The minimum Gasteiger partial charge on any atom is -0.477 e. The summed E-state index contributed by atoms with van der Waals surface area (Å²) in [5.74, 6) is 0.144. The second kappa shape index (κ2) is 4.31. The average molecular weight is 214 g/mol. The van der Waals surface area contributed by atoms with Gasteiger partial charge in [-0.1, -0.05) is 18.2 Å². The molecule has 0 atom stereocenters. The summed E-state index contributed by atoms with van der Waals surface area (Å²) in [6.45, 7) is 4.31. The fourth-order valence-corrected chi connectivity index (χ4v) is 1.66. The molecule has 0 aliphatic rings. The summed E-state index contributed by atoms with van der Waals surface area (Å²) in [7, 11) is 0. The van der Waals surface area contributed by atoms with E-state index in [4.69, 9.17) is 10.1 Å². The number of aryl methyl sites for hydroxylation is 1. The molecule has 0 aliphatic carbocycles. The first-order valence-electron chi connectivity index (χ1n) is 5.30. The Morgan fingerprint density at radius 1 is 1.38 bits per heavy atom. The predicted octanol–water partition coefficient (Wildman–Crippen LogP) is 2.91. The summed E-state index contributed by atoms with van der Waals surface area (Å²) >= 11 is 0. The zero-order chi connectivity index (χ0) is 11.5. The van der Waals surface area contributed by atoms with E-state index in [1.807, 2.05) is 44.2 Å². The molecular weight excluding hydrogens is 200 g/mol. The van der Waals surface area contributed by atoms with Crippen LogP contribution >= 0.6 is 0 Å². The fraction of sp³-hybridized carbons (Fsp3) is 0.231. The number of hydrogen-bond donors (Lipinski definition) is 1. The summed E-state index contributed by atoms with van der Waals surface area (Å²) in [5.41, 5.74) is 2.49. The molecule has 1 N–H and O–H groups in total. The Hall–Kier alpha value is -1.90. The van der Waals surface area contributed by atoms with E-state index in [1.54, 1.807) is 0 Å². The van der Waals surface area contributed by atoms with Crippen molar-refractivity contribution in [1.82, 2.24) is 4.98 Å². The highest BCUT2D eigenvalue weighted by Gasteiger charge is 2.09. The lowest BCUT2D eigenvalue weighted by Gasteiger charge is -2.08. The van der Waals surface area contributed by atoms with Gasteiger partial charge in [-0.3, -0.25) is 5.41 Å². The maximum Gasteiger partial charge on any atom is 0.232 e. The van der Waals surface area contributed by atoms with Gasteiger partial charge in [-0.15, -0.1) is 0 Å². The molecular formula is C13H14N2O. The zero-order valence-corrected chi connectivity index (χ0v) is 9.45. The lowest BCUT2D eigenvalue weighted by molar-refractivity contribution is 0.324. The highest BCUT2D eigenvalue weighted by atomic mass is 16.5. The largest absolute Gasteiger partial charge is 0.477 e. The summed E-state index contributed by atoms with van der Waals surface area (Å²) in [5, 5.41) is 8.85. The Morgan fingerprint density at radius 3 is 2.88 bits per heavy atom. The van der Waals surface area contributed by atoms with Gasteiger partial charge >= 0.3 is 0 Å². The predicted molar refractivity (Wildman–Crippen MR) is 64.9 cm³/mol. The first kappa shape index (κ1) is 10.6. The van der Waals surface area contributed by atoms with E-state index in [-0.39, 0.29) is 5.90 Å². The van der Waals surface area contributed by atoms with Gasteiger partial charge in [0.25, 0.3) is 0 Å². The van der Waals surface area contributed by atoms with Crippen molar-refractivity contribution in [2.24, 2.45) is 0 Å². The van der Waals surface area contributed by atoms with Gasteiger partial charge < -0.3 is 4.74 Å². The molecule has 2 aromatic rings. The molecule has 1 aromatic heterocycles. The van der Waals surface area contributed by atoms with Gasteiger partial charge in [0.2, 0.25) is 5.90 Å². The number of benzene rings is 1. The number of nitrogens with zero attached hydrogens (tertiary/aromatic N) is 1. The van der Waals surface area contributed by atoms with Crippen LogP contribution in [-0.4, -0.2) is 17.5 Å². The molecule has 1 heterocycles. The molecule has 0 aliphatic heterocycles. The third kappa shape index (κ3) is 1.89. The molecule has 2 rings (SSSR count). The van der Waals surface area contributed by atoms with Crippen LogP contribution in [0.2, 0.25) is 0 Å². The number of aromatic nitrogens is 1. The van der Waals surface area contributed by atoms with Gasteiger partial charge in [0.1, 0.15) is 5.69 Å². The summed E-state index contributed by atoms with van der Waals surface area (Å²) in [6.07, 6.45) is 0. The van der Waals surface area contributed by atoms with Crippen LogP contribution in [0.3, 0.4) is 0 Å². The van der Waals surface area contributed by atoms with E-state index in [1.165, 1.54) is 0 Å². The minimum absolute atomic E-state index is 0.144. The molecule has 82 valence electrons. The van der Waals surface area contributed by atoms with Crippen molar-refractivity contribution in [3.63, 3.8) is 0 Å². The van der Waals surface area contributed by atoms with Gasteiger partial charge in [0, 0.05) is 5.39 Å². The number of para-hydroxylation sites is 1. The van der Waals surface area contributed by atoms with Crippen LogP contribution in [0.25, 0.3) is 10.9 Å². The number of pyridine rings is 1. The van der Waals surface area contributed by atoms with Crippen LogP contribution in [0.5, 0.6) is 0 Å². The topological polar surface area (TPSA) is 46.0 Å². The van der Waals surface area contributed by atoms with Crippen molar-refractivity contribution in [2.45, 2.75) is 13.8 Å². The van der Waals surface area contributed by atoms with E-state index in [0.717, 1.165) is 16.5 Å². The lowest BCUT2D eigenvalue weighted by Crippen LogP contribution is -2.09. The number of nitrogens with one attached hydrogen (secondary N) is 1. The summed E-state index contributed by atoms with van der Waals surface area (Å²) < 4.78 is 5.18. The van der Waals surface area contributed by atoms with Gasteiger partial charge in [-0.05, 0) is 31.5 Å². The molecule has 0 spiro atoms. The van der Waals surface area contributed by atoms with Crippen molar-refractivity contribution < 1.29 is 4.74 Å². The number of fused-ring (bicyclic) bond motifs is 1. The standard InChI is InChI=1S/C13H14N2O/c1-3-16-13(14)12-9(2)8-10-6-4-5-7-11(10)15-12/h4-8,14H,3H2,1-2H3. The summed E-state index contributed by atoms with van der Waals surface area (Å²) in [4.78, 5) is 4.44. The second-order valence-corrected chi connectivity index (χ2v) is 3.61. The van der Waals surface area contributed by atoms with E-state index < -0.39 is 0 Å². The molecule has 16 heavy (non-hydrogen) atoms. The molecule has 3 heteroatoms. The highest BCUT2D eigenvalue weighted by Crippen LogP contribution is 2.16. The first-order chi connectivity index (χ1) is 7.72. The highest BCUT2D eigenvalue weighted by molar-refractivity contribution is 5.94. The first-order valence-corrected chi connectivity index (χ1v) is 5.30. The molecule has 0 unspecified atom stereocenters. The quantitative estimate of drug-likeness (QED) is 0.617. The van der Waals surface area contributed by atoms with E-state index in [9.17, 15) is 0 Å². The molecule has 0 saturated heterocycles. The monoisotopic (exact) mass is 214 g/mol. The van der Waals surface area contributed by atoms with E-state index in [0.29, 0.717) is 12.3 Å². The van der Waals surface area contributed by atoms with Gasteiger partial charge in [-0.2, -0.15) is 0 Å². The lowest BCUT2D eigenvalue weighted by atomic mass is 10.1. The van der Waals surface area contributed by atoms with E-state index >= 15 is 0 Å². The van der Waals surface area contributed by atoms with Crippen molar-refractivity contribution in [2.75, 3.05) is 6.61 Å². The number of rotatable bonds is 2. The molecule has 0 amide bonds. The smallest absolute Gasteiger partial charge is 0.232 e. The zero-order valence-electron chi connectivity index (χ0n) is 9.45. The third-order valence-electron chi connectivity index (χ3n) is 2.42. The molecule has 0 fully saturated rings. The second-order valence-electron chi connectivity index (χ2n) is 3.61. The van der Waals surface area contributed by atoms with Crippen molar-refractivity contribution >= 4 is 16.8 Å². The Balaban J connectivity index is 2.54. The number of hydrogen-bond acceptors (Lipinski definition) is 3. The van der Waals surface area contributed by atoms with Gasteiger partial charge in [0.15, 0.2) is 0 Å². The van der Waals surface area contributed by atoms with Crippen molar-refractivity contribution in [1.29, 1.82) is 5.41 Å². The van der Waals surface area contributed by atoms with Crippen LogP contribution in [0.1, 0.15) is 18.2 Å². The van der Waals surface area contributed by atoms with Crippen LogP contribution < -0.4 is 0 Å².